The number of hydrogen-bond donors (Lipinski definition) is 1. The van der Waals surface area contributed by atoms with Gasteiger partial charge in [-0.2, -0.15) is 0 Å². The first-order chi connectivity index (χ1) is 9.36. The highest BCUT2D eigenvalue weighted by molar-refractivity contribution is 5.79. The minimum absolute atomic E-state index is 0.390. The van der Waals surface area contributed by atoms with Gasteiger partial charge in [0.2, 0.25) is 0 Å². The summed E-state index contributed by atoms with van der Waals surface area (Å²) in [6, 6.07) is 8.07. The highest BCUT2D eigenvalue weighted by atomic mass is 16.5. The number of nitrogens with two attached hydrogens (primary N) is 1. The Morgan fingerprint density at radius 2 is 2.10 bits per heavy atom. The summed E-state index contributed by atoms with van der Waals surface area (Å²) in [4.78, 5) is 11.4. The number of methoxy groups -OCH3 is 1. The smallest absolute Gasteiger partial charge is 0.325 e. The van der Waals surface area contributed by atoms with Crippen molar-refractivity contribution in [2.24, 2.45) is 5.73 Å². The lowest BCUT2D eigenvalue weighted by Gasteiger charge is -2.21. The second-order valence-corrected chi connectivity index (χ2v) is 5.59. The Hall–Kier alpha value is -1.55. The molecule has 0 bridgehead atoms. The molecule has 0 fully saturated rings. The second-order valence-electron chi connectivity index (χ2n) is 5.59. The normalized spacial score (nSPS) is 13.9. The maximum atomic E-state index is 11.4. The highest BCUT2D eigenvalue weighted by Gasteiger charge is 2.28. The van der Waals surface area contributed by atoms with Gasteiger partial charge in [-0.1, -0.05) is 26.0 Å². The van der Waals surface area contributed by atoms with Crippen LogP contribution >= 0.6 is 0 Å². The van der Waals surface area contributed by atoms with E-state index in [-0.39, 0.29) is 5.97 Å². The second kappa shape index (κ2) is 7.29. The molecule has 0 aliphatic heterocycles. The van der Waals surface area contributed by atoms with Gasteiger partial charge in [-0.15, -0.1) is 0 Å². The minimum Gasteiger partial charge on any atom is -0.494 e. The SMILES string of the molecule is COC(=O)C(C)(N)CCCOc1cccc(C(C)C)c1. The molecular formula is C16H25NO3. The van der Waals surface area contributed by atoms with Crippen LogP contribution in [0, 0.1) is 0 Å². The van der Waals surface area contributed by atoms with Crippen LogP contribution in [0.25, 0.3) is 0 Å². The van der Waals surface area contributed by atoms with E-state index >= 15 is 0 Å². The summed E-state index contributed by atoms with van der Waals surface area (Å²) >= 11 is 0. The molecule has 1 rings (SSSR count). The number of ether oxygens (including phenoxy) is 2. The van der Waals surface area contributed by atoms with Crippen LogP contribution in [0.4, 0.5) is 0 Å². The third-order valence-electron chi connectivity index (χ3n) is 3.29. The predicted molar refractivity (Wildman–Crippen MR) is 79.9 cm³/mol. The van der Waals surface area contributed by atoms with Gasteiger partial charge >= 0.3 is 5.97 Å². The first kappa shape index (κ1) is 16.5. The van der Waals surface area contributed by atoms with E-state index in [1.165, 1.54) is 12.7 Å². The van der Waals surface area contributed by atoms with E-state index < -0.39 is 5.54 Å². The summed E-state index contributed by atoms with van der Waals surface area (Å²) in [6.45, 7) is 6.51. The molecule has 0 saturated heterocycles. The van der Waals surface area contributed by atoms with Gasteiger partial charge in [-0.25, -0.2) is 0 Å². The fourth-order valence-electron chi connectivity index (χ4n) is 1.93. The van der Waals surface area contributed by atoms with Gasteiger partial charge in [-0.3, -0.25) is 4.79 Å². The van der Waals surface area contributed by atoms with E-state index in [1.54, 1.807) is 6.92 Å². The lowest BCUT2D eigenvalue weighted by Crippen LogP contribution is -2.45. The molecule has 1 aromatic rings. The van der Waals surface area contributed by atoms with Crippen molar-refractivity contribution in [1.29, 1.82) is 0 Å². The van der Waals surface area contributed by atoms with Gasteiger partial charge < -0.3 is 15.2 Å². The van der Waals surface area contributed by atoms with Crippen molar-refractivity contribution in [3.05, 3.63) is 29.8 Å². The third kappa shape index (κ3) is 4.85. The quantitative estimate of drug-likeness (QED) is 0.616. The fraction of sp³-hybridized carbons (Fsp3) is 0.562. The van der Waals surface area contributed by atoms with Crippen molar-refractivity contribution in [3.8, 4) is 5.75 Å². The van der Waals surface area contributed by atoms with Gasteiger partial charge in [0.1, 0.15) is 11.3 Å². The average Bonchev–Trinajstić information content (AvgIpc) is 2.43. The summed E-state index contributed by atoms with van der Waals surface area (Å²) < 4.78 is 10.4. The van der Waals surface area contributed by atoms with Crippen LogP contribution in [0.3, 0.4) is 0 Å². The van der Waals surface area contributed by atoms with E-state index in [2.05, 4.69) is 24.7 Å². The Bertz CT molecular complexity index is 441. The first-order valence-electron chi connectivity index (χ1n) is 6.97. The van der Waals surface area contributed by atoms with Crippen LogP contribution in [0.15, 0.2) is 24.3 Å². The lowest BCUT2D eigenvalue weighted by atomic mass is 9.98. The largest absolute Gasteiger partial charge is 0.494 e. The zero-order chi connectivity index (χ0) is 15.2. The molecule has 1 aromatic carbocycles. The maximum absolute atomic E-state index is 11.4. The van der Waals surface area contributed by atoms with Crippen LogP contribution in [0.5, 0.6) is 5.75 Å². The Labute approximate surface area is 121 Å². The van der Waals surface area contributed by atoms with E-state index in [0.717, 1.165) is 5.75 Å². The molecule has 0 aliphatic rings. The molecule has 4 nitrogen and oxygen atoms in total. The highest BCUT2D eigenvalue weighted by Crippen LogP contribution is 2.20. The molecule has 1 unspecified atom stereocenters. The molecule has 20 heavy (non-hydrogen) atoms. The summed E-state index contributed by atoms with van der Waals surface area (Å²) in [7, 11) is 1.35. The van der Waals surface area contributed by atoms with Crippen molar-refractivity contribution in [3.63, 3.8) is 0 Å². The zero-order valence-corrected chi connectivity index (χ0v) is 12.8. The van der Waals surface area contributed by atoms with Crippen molar-refractivity contribution >= 4 is 5.97 Å². The molecule has 0 spiro atoms. The Kier molecular flexibility index (Phi) is 6.02. The third-order valence-corrected chi connectivity index (χ3v) is 3.29. The number of hydrogen-bond acceptors (Lipinski definition) is 4. The molecule has 0 aliphatic carbocycles. The van der Waals surface area contributed by atoms with Crippen LogP contribution < -0.4 is 10.5 Å². The minimum atomic E-state index is -0.947. The van der Waals surface area contributed by atoms with Crippen LogP contribution in [0.2, 0.25) is 0 Å². The summed E-state index contributed by atoms with van der Waals surface area (Å²) in [5.74, 6) is 0.942. The van der Waals surface area contributed by atoms with E-state index in [4.69, 9.17) is 10.5 Å². The van der Waals surface area contributed by atoms with Crippen LogP contribution in [0.1, 0.15) is 45.1 Å². The van der Waals surface area contributed by atoms with Crippen LogP contribution in [-0.2, 0) is 9.53 Å². The predicted octanol–water partition coefficient (Wildman–Crippen LogP) is 2.86. The van der Waals surface area contributed by atoms with Gasteiger partial charge in [0.05, 0.1) is 13.7 Å². The van der Waals surface area contributed by atoms with Crippen molar-refractivity contribution < 1.29 is 14.3 Å². The Balaban J connectivity index is 2.42. The molecular weight excluding hydrogens is 254 g/mol. The molecule has 112 valence electrons. The summed E-state index contributed by atoms with van der Waals surface area (Å²) in [5.41, 5.74) is 6.19. The molecule has 0 heterocycles. The number of carbonyl (C=O) groups is 1. The Morgan fingerprint density at radius 1 is 1.40 bits per heavy atom. The monoisotopic (exact) mass is 279 g/mol. The molecule has 2 N–H and O–H groups in total. The van der Waals surface area contributed by atoms with Crippen molar-refractivity contribution in [2.45, 2.75) is 45.1 Å². The number of benzene rings is 1. The van der Waals surface area contributed by atoms with Gasteiger partial charge in [0, 0.05) is 0 Å². The first-order valence-corrected chi connectivity index (χ1v) is 6.97. The number of carbonyl (C=O) groups excluding carboxylic acids is 1. The standard InChI is InChI=1S/C16H25NO3/c1-12(2)13-7-5-8-14(11-13)20-10-6-9-16(3,17)15(18)19-4/h5,7-8,11-12H,6,9-10,17H2,1-4H3. The molecule has 1 atom stereocenters. The average molecular weight is 279 g/mol. The number of rotatable bonds is 7. The maximum Gasteiger partial charge on any atom is 0.325 e. The van der Waals surface area contributed by atoms with Crippen molar-refractivity contribution in [2.75, 3.05) is 13.7 Å². The zero-order valence-electron chi connectivity index (χ0n) is 12.8. The molecule has 0 amide bonds. The fourth-order valence-corrected chi connectivity index (χ4v) is 1.93. The lowest BCUT2D eigenvalue weighted by molar-refractivity contribution is -0.146. The molecule has 0 radical (unpaired) electrons. The van der Waals surface area contributed by atoms with E-state index in [9.17, 15) is 4.79 Å². The molecule has 4 heteroatoms. The van der Waals surface area contributed by atoms with Gasteiger partial charge in [0.25, 0.3) is 0 Å². The van der Waals surface area contributed by atoms with E-state index in [1.807, 2.05) is 18.2 Å². The van der Waals surface area contributed by atoms with E-state index in [0.29, 0.717) is 25.4 Å². The Morgan fingerprint density at radius 3 is 2.70 bits per heavy atom. The number of esters is 1. The topological polar surface area (TPSA) is 61.5 Å². The summed E-state index contributed by atoms with van der Waals surface area (Å²) in [5, 5.41) is 0. The summed E-state index contributed by atoms with van der Waals surface area (Å²) in [6.07, 6.45) is 1.23. The van der Waals surface area contributed by atoms with Crippen LogP contribution in [-0.4, -0.2) is 25.2 Å². The van der Waals surface area contributed by atoms with Gasteiger partial charge in [-0.05, 0) is 43.4 Å². The van der Waals surface area contributed by atoms with Crippen molar-refractivity contribution in [1.82, 2.24) is 0 Å². The van der Waals surface area contributed by atoms with Gasteiger partial charge in [0.15, 0.2) is 0 Å². The molecule has 0 aromatic heterocycles. The molecule has 0 saturated carbocycles.